The van der Waals surface area contributed by atoms with Gasteiger partial charge in [-0.05, 0) is 18.6 Å². The smallest absolute Gasteiger partial charge is 0.195 e. The average Bonchev–Trinajstić information content (AvgIpc) is 3.01. The van der Waals surface area contributed by atoms with Crippen molar-refractivity contribution in [2.24, 2.45) is 5.10 Å². The molecule has 0 saturated carbocycles. The second-order valence-corrected chi connectivity index (χ2v) is 6.80. The second-order valence-electron chi connectivity index (χ2n) is 5.00. The van der Waals surface area contributed by atoms with E-state index in [0.717, 1.165) is 20.9 Å². The van der Waals surface area contributed by atoms with Crippen LogP contribution in [0.5, 0.6) is 0 Å². The van der Waals surface area contributed by atoms with Crippen molar-refractivity contribution in [2.75, 3.05) is 0 Å². The number of rotatable bonds is 5. The van der Waals surface area contributed by atoms with Gasteiger partial charge in [-0.25, -0.2) is 0 Å². The Morgan fingerprint density at radius 3 is 2.74 bits per heavy atom. The van der Waals surface area contributed by atoms with Gasteiger partial charge in [0.2, 0.25) is 5.16 Å². The van der Waals surface area contributed by atoms with E-state index >= 15 is 0 Å². The first-order valence-corrected chi connectivity index (χ1v) is 8.87. The van der Waals surface area contributed by atoms with Crippen LogP contribution >= 0.6 is 27.7 Å². The van der Waals surface area contributed by atoms with Gasteiger partial charge in [0.1, 0.15) is 6.33 Å². The number of thioether (sulfide) groups is 1. The van der Waals surface area contributed by atoms with Crippen molar-refractivity contribution in [1.29, 1.82) is 0 Å². The van der Waals surface area contributed by atoms with Gasteiger partial charge in [-0.3, -0.25) is 0 Å². The molecule has 4 nitrogen and oxygen atoms in total. The number of hydrogen-bond donors (Lipinski definition) is 0. The molecule has 0 N–H and O–H groups in total. The molecule has 0 aliphatic carbocycles. The molecule has 0 unspecified atom stereocenters. The molecule has 0 spiro atoms. The maximum atomic E-state index is 4.44. The molecule has 23 heavy (non-hydrogen) atoms. The summed E-state index contributed by atoms with van der Waals surface area (Å²) in [5.74, 6) is 0.837. The van der Waals surface area contributed by atoms with Crippen molar-refractivity contribution in [3.63, 3.8) is 0 Å². The number of halogens is 1. The zero-order chi connectivity index (χ0) is 16.1. The fourth-order valence-corrected chi connectivity index (χ4v) is 3.14. The molecular formula is C17H15BrN4S. The van der Waals surface area contributed by atoms with Crippen molar-refractivity contribution < 1.29 is 0 Å². The number of nitrogens with zero attached hydrogens (tertiary/aromatic N) is 4. The molecule has 6 heteroatoms. The quantitative estimate of drug-likeness (QED) is 0.478. The lowest BCUT2D eigenvalue weighted by Crippen LogP contribution is -1.93. The van der Waals surface area contributed by atoms with Crippen LogP contribution in [0.4, 0.5) is 0 Å². The molecule has 0 aliphatic heterocycles. The normalized spacial score (nSPS) is 11.2. The SMILES string of the molecule is Cc1ccc(CSc2nncn2/N=C\c2ccccc2Br)cc1. The molecule has 116 valence electrons. The molecule has 0 saturated heterocycles. The minimum atomic E-state index is 0.772. The summed E-state index contributed by atoms with van der Waals surface area (Å²) in [6.07, 6.45) is 3.41. The highest BCUT2D eigenvalue weighted by molar-refractivity contribution is 9.10. The Hall–Kier alpha value is -1.92. The maximum Gasteiger partial charge on any atom is 0.212 e. The molecule has 2 aromatic carbocycles. The lowest BCUT2D eigenvalue weighted by molar-refractivity contribution is 0.767. The highest BCUT2D eigenvalue weighted by atomic mass is 79.9. The van der Waals surface area contributed by atoms with Gasteiger partial charge in [0.25, 0.3) is 0 Å². The lowest BCUT2D eigenvalue weighted by atomic mass is 10.2. The first-order valence-electron chi connectivity index (χ1n) is 7.09. The van der Waals surface area contributed by atoms with E-state index in [-0.39, 0.29) is 0 Å². The van der Waals surface area contributed by atoms with Crippen LogP contribution in [0.25, 0.3) is 0 Å². The van der Waals surface area contributed by atoms with Gasteiger partial charge in [0.15, 0.2) is 0 Å². The van der Waals surface area contributed by atoms with E-state index < -0.39 is 0 Å². The topological polar surface area (TPSA) is 43.1 Å². The summed E-state index contributed by atoms with van der Waals surface area (Å²) < 4.78 is 2.70. The molecule has 0 radical (unpaired) electrons. The van der Waals surface area contributed by atoms with Gasteiger partial charge in [-0.1, -0.05) is 75.7 Å². The molecule has 0 fully saturated rings. The molecule has 0 atom stereocenters. The van der Waals surface area contributed by atoms with Crippen LogP contribution in [0.15, 0.2) is 69.6 Å². The van der Waals surface area contributed by atoms with Gasteiger partial charge in [-0.15, -0.1) is 10.2 Å². The highest BCUT2D eigenvalue weighted by Gasteiger charge is 2.05. The minimum absolute atomic E-state index is 0.772. The first-order chi connectivity index (χ1) is 11.2. The van der Waals surface area contributed by atoms with E-state index in [1.165, 1.54) is 11.1 Å². The summed E-state index contributed by atoms with van der Waals surface area (Å²) in [7, 11) is 0. The summed E-state index contributed by atoms with van der Waals surface area (Å²) in [6, 6.07) is 16.4. The summed E-state index contributed by atoms with van der Waals surface area (Å²) in [5.41, 5.74) is 3.53. The van der Waals surface area contributed by atoms with Crippen LogP contribution in [0.3, 0.4) is 0 Å². The van der Waals surface area contributed by atoms with E-state index in [1.54, 1.807) is 29.0 Å². The second kappa shape index (κ2) is 7.57. The van der Waals surface area contributed by atoms with E-state index in [2.05, 4.69) is 62.4 Å². The highest BCUT2D eigenvalue weighted by Crippen LogP contribution is 2.21. The fraction of sp³-hybridized carbons (Fsp3) is 0.118. The Kier molecular flexibility index (Phi) is 5.25. The van der Waals surface area contributed by atoms with Crippen LogP contribution < -0.4 is 0 Å². The van der Waals surface area contributed by atoms with E-state index in [1.807, 2.05) is 24.3 Å². The van der Waals surface area contributed by atoms with Gasteiger partial charge < -0.3 is 0 Å². The van der Waals surface area contributed by atoms with E-state index in [9.17, 15) is 0 Å². The third-order valence-corrected chi connectivity index (χ3v) is 4.94. The zero-order valence-electron chi connectivity index (χ0n) is 12.6. The summed E-state index contributed by atoms with van der Waals surface area (Å²) in [5, 5.41) is 13.3. The predicted molar refractivity (Wildman–Crippen MR) is 97.9 cm³/mol. The Morgan fingerprint density at radius 1 is 1.17 bits per heavy atom. The fourth-order valence-electron chi connectivity index (χ4n) is 1.93. The van der Waals surface area contributed by atoms with Crippen molar-refractivity contribution in [3.05, 3.63) is 76.0 Å². The minimum Gasteiger partial charge on any atom is -0.195 e. The summed E-state index contributed by atoms with van der Waals surface area (Å²) in [6.45, 7) is 2.09. The average molecular weight is 387 g/mol. The van der Waals surface area contributed by atoms with Gasteiger partial charge in [-0.2, -0.15) is 9.78 Å². The molecule has 3 rings (SSSR count). The van der Waals surface area contributed by atoms with Gasteiger partial charge >= 0.3 is 0 Å². The molecule has 3 aromatic rings. The molecule has 0 amide bonds. The molecular weight excluding hydrogens is 372 g/mol. The van der Waals surface area contributed by atoms with E-state index in [0.29, 0.717) is 0 Å². The van der Waals surface area contributed by atoms with Crippen molar-refractivity contribution >= 4 is 33.9 Å². The first kappa shape index (κ1) is 16.0. The van der Waals surface area contributed by atoms with Crippen molar-refractivity contribution in [2.45, 2.75) is 17.8 Å². The van der Waals surface area contributed by atoms with Gasteiger partial charge in [0.05, 0.1) is 6.21 Å². The van der Waals surface area contributed by atoms with Gasteiger partial charge in [0, 0.05) is 15.8 Å². The number of benzene rings is 2. The predicted octanol–water partition coefficient (Wildman–Crippen LogP) is 4.52. The molecule has 0 aliphatic rings. The van der Waals surface area contributed by atoms with Crippen LogP contribution in [0, 0.1) is 6.92 Å². The Labute approximate surface area is 147 Å². The molecule has 0 bridgehead atoms. The van der Waals surface area contributed by atoms with Crippen LogP contribution in [-0.2, 0) is 5.75 Å². The van der Waals surface area contributed by atoms with Crippen LogP contribution in [0.2, 0.25) is 0 Å². The maximum absolute atomic E-state index is 4.44. The Morgan fingerprint density at radius 2 is 1.96 bits per heavy atom. The Balaban J connectivity index is 1.70. The number of aromatic nitrogens is 3. The van der Waals surface area contributed by atoms with Crippen LogP contribution in [-0.4, -0.2) is 21.1 Å². The third-order valence-electron chi connectivity index (χ3n) is 3.22. The zero-order valence-corrected chi connectivity index (χ0v) is 15.0. The summed E-state index contributed by atoms with van der Waals surface area (Å²) >= 11 is 5.13. The van der Waals surface area contributed by atoms with Crippen molar-refractivity contribution in [3.8, 4) is 0 Å². The Bertz CT molecular complexity index is 811. The summed E-state index contributed by atoms with van der Waals surface area (Å²) in [4.78, 5) is 0. The largest absolute Gasteiger partial charge is 0.212 e. The monoisotopic (exact) mass is 386 g/mol. The standard InChI is InChI=1S/C17H15BrN4S/c1-13-6-8-14(9-7-13)11-23-17-21-19-12-22(17)20-10-15-4-2-3-5-16(15)18/h2-10,12H,11H2,1H3/b20-10-. The van der Waals surface area contributed by atoms with Crippen LogP contribution in [0.1, 0.15) is 16.7 Å². The van der Waals surface area contributed by atoms with E-state index in [4.69, 9.17) is 0 Å². The molecule has 1 aromatic heterocycles. The third kappa shape index (κ3) is 4.30. The number of hydrogen-bond acceptors (Lipinski definition) is 4. The van der Waals surface area contributed by atoms with Crippen molar-refractivity contribution in [1.82, 2.24) is 14.9 Å². The molecule has 1 heterocycles. The number of aryl methyl sites for hydroxylation is 1. The lowest BCUT2D eigenvalue weighted by Gasteiger charge is -2.02.